The number of ketones is 2. The van der Waals surface area contributed by atoms with Gasteiger partial charge in [0.2, 0.25) is 0 Å². The van der Waals surface area contributed by atoms with Crippen molar-refractivity contribution in [3.05, 3.63) is 0 Å². The molecular formula is C14H24O2. The fourth-order valence-electron chi connectivity index (χ4n) is 2.50. The van der Waals surface area contributed by atoms with Crippen LogP contribution < -0.4 is 0 Å². The second-order valence-electron chi connectivity index (χ2n) is 5.36. The van der Waals surface area contributed by atoms with Crippen molar-refractivity contribution < 1.29 is 9.59 Å². The highest BCUT2D eigenvalue weighted by molar-refractivity contribution is 5.81. The molecule has 16 heavy (non-hydrogen) atoms. The number of hydrogen-bond acceptors (Lipinski definition) is 2. The van der Waals surface area contributed by atoms with Crippen LogP contribution in [0, 0.1) is 17.8 Å². The largest absolute Gasteiger partial charge is 0.299 e. The molecule has 1 aliphatic carbocycles. The van der Waals surface area contributed by atoms with Gasteiger partial charge in [0, 0.05) is 24.7 Å². The summed E-state index contributed by atoms with van der Waals surface area (Å²) < 4.78 is 0. The van der Waals surface area contributed by atoms with Crippen molar-refractivity contribution >= 4 is 11.6 Å². The molecule has 1 fully saturated rings. The van der Waals surface area contributed by atoms with Gasteiger partial charge in [0.05, 0.1) is 0 Å². The lowest BCUT2D eigenvalue weighted by atomic mass is 9.77. The first-order chi connectivity index (χ1) is 7.54. The van der Waals surface area contributed by atoms with Crippen molar-refractivity contribution in [3.8, 4) is 0 Å². The van der Waals surface area contributed by atoms with E-state index in [0.29, 0.717) is 23.9 Å². The van der Waals surface area contributed by atoms with E-state index in [0.717, 1.165) is 32.1 Å². The van der Waals surface area contributed by atoms with Gasteiger partial charge in [-0.15, -0.1) is 0 Å². The van der Waals surface area contributed by atoms with Gasteiger partial charge < -0.3 is 0 Å². The molecule has 0 aromatic heterocycles. The molecule has 92 valence electrons. The molecule has 1 saturated carbocycles. The summed E-state index contributed by atoms with van der Waals surface area (Å²) in [7, 11) is 0. The minimum absolute atomic E-state index is 0.162. The minimum atomic E-state index is 0.162. The molecule has 0 aromatic carbocycles. The molecule has 2 heteroatoms. The third-order valence-electron chi connectivity index (χ3n) is 3.78. The number of Topliss-reactive ketones (excluding diaryl/α,β-unsaturated/α-hetero) is 2. The maximum atomic E-state index is 11.6. The van der Waals surface area contributed by atoms with E-state index in [1.807, 2.05) is 20.8 Å². The zero-order valence-electron chi connectivity index (χ0n) is 10.8. The molecule has 0 atom stereocenters. The van der Waals surface area contributed by atoms with E-state index < -0.39 is 0 Å². The average Bonchev–Trinajstić information content (AvgIpc) is 2.28. The third-order valence-corrected chi connectivity index (χ3v) is 3.78. The van der Waals surface area contributed by atoms with Crippen LogP contribution in [0.1, 0.15) is 59.3 Å². The van der Waals surface area contributed by atoms with Crippen molar-refractivity contribution in [1.82, 2.24) is 0 Å². The Labute approximate surface area is 98.8 Å². The first-order valence-electron chi connectivity index (χ1n) is 6.60. The van der Waals surface area contributed by atoms with Crippen LogP contribution in [0.3, 0.4) is 0 Å². The van der Waals surface area contributed by atoms with Gasteiger partial charge in [0.15, 0.2) is 0 Å². The van der Waals surface area contributed by atoms with Crippen molar-refractivity contribution in [2.75, 3.05) is 0 Å². The van der Waals surface area contributed by atoms with Crippen LogP contribution in [-0.2, 0) is 9.59 Å². The normalized spacial score (nSPS) is 25.8. The van der Waals surface area contributed by atoms with Gasteiger partial charge in [-0.3, -0.25) is 9.59 Å². The van der Waals surface area contributed by atoms with Crippen LogP contribution in [-0.4, -0.2) is 11.6 Å². The molecule has 1 rings (SSSR count). The second-order valence-corrected chi connectivity index (χ2v) is 5.36. The highest BCUT2D eigenvalue weighted by Crippen LogP contribution is 2.32. The van der Waals surface area contributed by atoms with Gasteiger partial charge in [-0.2, -0.15) is 0 Å². The molecule has 2 nitrogen and oxygen atoms in total. The molecular weight excluding hydrogens is 200 g/mol. The summed E-state index contributed by atoms with van der Waals surface area (Å²) >= 11 is 0. The Morgan fingerprint density at radius 3 is 2.12 bits per heavy atom. The van der Waals surface area contributed by atoms with Crippen LogP contribution in [0.5, 0.6) is 0 Å². The molecule has 0 saturated heterocycles. The first-order valence-corrected chi connectivity index (χ1v) is 6.60. The molecule has 0 spiro atoms. The number of hydrogen-bond donors (Lipinski definition) is 0. The summed E-state index contributed by atoms with van der Waals surface area (Å²) in [6.45, 7) is 5.87. The van der Waals surface area contributed by atoms with E-state index in [-0.39, 0.29) is 11.8 Å². The summed E-state index contributed by atoms with van der Waals surface area (Å²) in [5.74, 6) is 1.78. The Morgan fingerprint density at radius 2 is 1.69 bits per heavy atom. The molecule has 1 aliphatic rings. The van der Waals surface area contributed by atoms with Gasteiger partial charge in [0.1, 0.15) is 11.6 Å². The Kier molecular flexibility index (Phi) is 5.17. The third kappa shape index (κ3) is 3.73. The van der Waals surface area contributed by atoms with Gasteiger partial charge in [0.25, 0.3) is 0 Å². The van der Waals surface area contributed by atoms with E-state index in [2.05, 4.69) is 0 Å². The fourth-order valence-corrected chi connectivity index (χ4v) is 2.50. The summed E-state index contributed by atoms with van der Waals surface area (Å²) in [5, 5.41) is 0. The average molecular weight is 224 g/mol. The highest BCUT2D eigenvalue weighted by atomic mass is 16.1. The van der Waals surface area contributed by atoms with Crippen LogP contribution >= 0.6 is 0 Å². The van der Waals surface area contributed by atoms with E-state index >= 15 is 0 Å². The number of carbonyl (C=O) groups is 2. The SMILES string of the molecule is CCC(=O)C1CCC(CC(=O)C(C)C)CC1. The molecule has 0 aromatic rings. The molecule has 0 amide bonds. The van der Waals surface area contributed by atoms with Crippen LogP contribution in [0.2, 0.25) is 0 Å². The van der Waals surface area contributed by atoms with Crippen molar-refractivity contribution in [2.24, 2.45) is 17.8 Å². The lowest BCUT2D eigenvalue weighted by molar-refractivity contribution is -0.124. The second kappa shape index (κ2) is 6.17. The highest BCUT2D eigenvalue weighted by Gasteiger charge is 2.26. The zero-order chi connectivity index (χ0) is 12.1. The van der Waals surface area contributed by atoms with Gasteiger partial charge >= 0.3 is 0 Å². The summed E-state index contributed by atoms with van der Waals surface area (Å²) in [4.78, 5) is 23.2. The summed E-state index contributed by atoms with van der Waals surface area (Å²) in [5.41, 5.74) is 0. The van der Waals surface area contributed by atoms with Gasteiger partial charge in [-0.1, -0.05) is 20.8 Å². The fraction of sp³-hybridized carbons (Fsp3) is 0.857. The van der Waals surface area contributed by atoms with Crippen molar-refractivity contribution in [3.63, 3.8) is 0 Å². The quantitative estimate of drug-likeness (QED) is 0.717. The molecule has 0 aliphatic heterocycles. The predicted molar refractivity (Wildman–Crippen MR) is 65.2 cm³/mol. The molecule has 0 radical (unpaired) electrons. The lowest BCUT2D eigenvalue weighted by Gasteiger charge is -2.27. The summed E-state index contributed by atoms with van der Waals surface area (Å²) in [6.07, 6.45) is 5.53. The number of carbonyl (C=O) groups excluding carboxylic acids is 2. The Morgan fingerprint density at radius 1 is 1.12 bits per heavy atom. The standard InChI is InChI=1S/C14H24O2/c1-4-13(15)12-7-5-11(6-8-12)9-14(16)10(2)3/h10-12H,4-9H2,1-3H3. The zero-order valence-corrected chi connectivity index (χ0v) is 10.8. The molecule has 0 unspecified atom stereocenters. The maximum absolute atomic E-state index is 11.6. The molecule has 0 bridgehead atoms. The van der Waals surface area contributed by atoms with Crippen LogP contribution in [0.25, 0.3) is 0 Å². The minimum Gasteiger partial charge on any atom is -0.299 e. The Balaban J connectivity index is 2.32. The van der Waals surface area contributed by atoms with E-state index in [1.165, 1.54) is 0 Å². The summed E-state index contributed by atoms with van der Waals surface area (Å²) in [6, 6.07) is 0. The van der Waals surface area contributed by atoms with Gasteiger partial charge in [-0.25, -0.2) is 0 Å². The first kappa shape index (κ1) is 13.4. The molecule has 0 N–H and O–H groups in total. The smallest absolute Gasteiger partial charge is 0.135 e. The van der Waals surface area contributed by atoms with E-state index in [1.54, 1.807) is 0 Å². The Bertz CT molecular complexity index is 247. The Hall–Kier alpha value is -0.660. The van der Waals surface area contributed by atoms with Gasteiger partial charge in [-0.05, 0) is 31.6 Å². The van der Waals surface area contributed by atoms with Crippen molar-refractivity contribution in [2.45, 2.75) is 59.3 Å². The van der Waals surface area contributed by atoms with E-state index in [9.17, 15) is 9.59 Å². The topological polar surface area (TPSA) is 34.1 Å². The van der Waals surface area contributed by atoms with Crippen LogP contribution in [0.15, 0.2) is 0 Å². The van der Waals surface area contributed by atoms with Crippen molar-refractivity contribution in [1.29, 1.82) is 0 Å². The van der Waals surface area contributed by atoms with Crippen LogP contribution in [0.4, 0.5) is 0 Å². The van der Waals surface area contributed by atoms with E-state index in [4.69, 9.17) is 0 Å². The monoisotopic (exact) mass is 224 g/mol. The predicted octanol–water partition coefficient (Wildman–Crippen LogP) is 3.39. The number of rotatable bonds is 5. The maximum Gasteiger partial charge on any atom is 0.135 e. The molecule has 0 heterocycles. The lowest BCUT2D eigenvalue weighted by Crippen LogP contribution is -2.23.